The van der Waals surface area contributed by atoms with Crippen molar-refractivity contribution in [1.82, 2.24) is 10.2 Å². The molecule has 1 heterocycles. The first-order chi connectivity index (χ1) is 12.7. The molecule has 1 saturated carbocycles. The molecular weight excluding hydrogens is 348 g/mol. The lowest BCUT2D eigenvalue weighted by atomic mass is 9.85. The van der Waals surface area contributed by atoms with Crippen LogP contribution < -0.4 is 5.32 Å². The Bertz CT molecular complexity index is 673. The fourth-order valence-corrected chi connectivity index (χ4v) is 3.85. The Morgan fingerprint density at radius 3 is 2.59 bits per heavy atom. The molecule has 2 amide bonds. The number of ether oxygens (including phenoxy) is 2. The van der Waals surface area contributed by atoms with Gasteiger partial charge in [0.05, 0.1) is 0 Å². The highest BCUT2D eigenvalue weighted by atomic mass is 16.6. The lowest BCUT2D eigenvalue weighted by Gasteiger charge is -2.29. The summed E-state index contributed by atoms with van der Waals surface area (Å²) in [5.41, 5.74) is 0.292. The van der Waals surface area contributed by atoms with Gasteiger partial charge in [-0.2, -0.15) is 0 Å². The van der Waals surface area contributed by atoms with Crippen molar-refractivity contribution < 1.29 is 24.2 Å². The van der Waals surface area contributed by atoms with E-state index in [1.807, 2.05) is 30.3 Å². The standard InChI is InChI=1S/C20H28N2O5/c1-20(2,3)27-19(25)22-14-9-10-16(15(11-14)17(22)23)21-18(24)26-12-13-7-5-4-6-8-13/h4-8,14-17,23H,9-12H2,1-3H3,(H,21,24)/t14-,15-,16-,17?/m1/s1. The van der Waals surface area contributed by atoms with Gasteiger partial charge in [-0.05, 0) is 45.6 Å². The number of benzene rings is 1. The number of nitrogens with one attached hydrogen (secondary N) is 1. The van der Waals surface area contributed by atoms with Crippen molar-refractivity contribution in [2.45, 2.75) is 70.6 Å². The van der Waals surface area contributed by atoms with E-state index in [2.05, 4.69) is 5.32 Å². The largest absolute Gasteiger partial charge is 0.445 e. The van der Waals surface area contributed by atoms with Crippen molar-refractivity contribution in [2.24, 2.45) is 5.92 Å². The fourth-order valence-electron chi connectivity index (χ4n) is 3.85. The average molecular weight is 376 g/mol. The van der Waals surface area contributed by atoms with Crippen LogP contribution in [0.25, 0.3) is 0 Å². The fraction of sp³-hybridized carbons (Fsp3) is 0.600. The van der Waals surface area contributed by atoms with E-state index in [4.69, 9.17) is 9.47 Å². The van der Waals surface area contributed by atoms with Crippen LogP contribution in [0.2, 0.25) is 0 Å². The Labute approximate surface area is 159 Å². The van der Waals surface area contributed by atoms with Crippen molar-refractivity contribution in [3.8, 4) is 0 Å². The normalized spacial score (nSPS) is 27.2. The number of hydrogen-bond acceptors (Lipinski definition) is 5. The van der Waals surface area contributed by atoms with Gasteiger partial charge < -0.3 is 19.9 Å². The number of alkyl carbamates (subject to hydrolysis) is 1. The minimum atomic E-state index is -0.966. The third-order valence-electron chi connectivity index (χ3n) is 5.05. The molecule has 7 heteroatoms. The van der Waals surface area contributed by atoms with Crippen LogP contribution >= 0.6 is 0 Å². The van der Waals surface area contributed by atoms with Crippen LogP contribution in [0.4, 0.5) is 9.59 Å². The smallest absolute Gasteiger partial charge is 0.412 e. The van der Waals surface area contributed by atoms with Crippen molar-refractivity contribution >= 4 is 12.2 Å². The SMILES string of the molecule is CC(C)(C)OC(=O)N1C(O)[C@@H]2C[C@H]1CC[C@H]2NC(=O)OCc1ccccc1. The van der Waals surface area contributed by atoms with E-state index < -0.39 is 24.0 Å². The van der Waals surface area contributed by atoms with Gasteiger partial charge in [-0.25, -0.2) is 9.59 Å². The third kappa shape index (κ3) is 4.71. The quantitative estimate of drug-likeness (QED) is 0.847. The van der Waals surface area contributed by atoms with Crippen molar-refractivity contribution in [3.63, 3.8) is 0 Å². The first kappa shape index (κ1) is 19.5. The van der Waals surface area contributed by atoms with Gasteiger partial charge in [-0.1, -0.05) is 30.3 Å². The van der Waals surface area contributed by atoms with Crippen molar-refractivity contribution in [2.75, 3.05) is 0 Å². The maximum absolute atomic E-state index is 12.4. The van der Waals surface area contributed by atoms with Gasteiger partial charge in [0.1, 0.15) is 18.4 Å². The molecule has 1 aromatic rings. The Balaban J connectivity index is 1.55. The van der Waals surface area contributed by atoms with E-state index >= 15 is 0 Å². The van der Waals surface area contributed by atoms with Crippen LogP contribution in [0.5, 0.6) is 0 Å². The Morgan fingerprint density at radius 1 is 1.22 bits per heavy atom. The third-order valence-corrected chi connectivity index (χ3v) is 5.05. The van der Waals surface area contributed by atoms with Crippen LogP contribution in [0.15, 0.2) is 30.3 Å². The summed E-state index contributed by atoms with van der Waals surface area (Å²) in [6.45, 7) is 5.59. The first-order valence-electron chi connectivity index (χ1n) is 9.41. The molecule has 1 aromatic carbocycles. The van der Waals surface area contributed by atoms with E-state index in [9.17, 15) is 14.7 Å². The van der Waals surface area contributed by atoms with Gasteiger partial charge in [-0.3, -0.25) is 4.90 Å². The summed E-state index contributed by atoms with van der Waals surface area (Å²) in [7, 11) is 0. The molecule has 1 aliphatic carbocycles. The molecule has 27 heavy (non-hydrogen) atoms. The number of nitrogens with zero attached hydrogens (tertiary/aromatic N) is 1. The number of carbonyl (C=O) groups is 2. The predicted molar refractivity (Wildman–Crippen MR) is 98.8 cm³/mol. The summed E-state index contributed by atoms with van der Waals surface area (Å²) in [4.78, 5) is 26.0. The second-order valence-corrected chi connectivity index (χ2v) is 8.24. The van der Waals surface area contributed by atoms with Gasteiger partial charge in [0.2, 0.25) is 0 Å². The lowest BCUT2D eigenvalue weighted by molar-refractivity contribution is -0.0336. The van der Waals surface area contributed by atoms with Crippen LogP contribution in [-0.2, 0) is 16.1 Å². The summed E-state index contributed by atoms with van der Waals surface area (Å²) < 4.78 is 10.7. The van der Waals surface area contributed by atoms with Gasteiger partial charge in [-0.15, -0.1) is 0 Å². The molecule has 2 fully saturated rings. The monoisotopic (exact) mass is 376 g/mol. The zero-order chi connectivity index (χ0) is 19.6. The van der Waals surface area contributed by atoms with Gasteiger partial charge in [0.15, 0.2) is 0 Å². The molecule has 0 radical (unpaired) electrons. The zero-order valence-corrected chi connectivity index (χ0v) is 16.1. The number of hydrogen-bond donors (Lipinski definition) is 2. The Hall–Kier alpha value is -2.28. The zero-order valence-electron chi connectivity index (χ0n) is 16.1. The molecule has 1 aliphatic heterocycles. The van der Waals surface area contributed by atoms with Gasteiger partial charge >= 0.3 is 12.2 Å². The van der Waals surface area contributed by atoms with Crippen LogP contribution in [0.1, 0.15) is 45.6 Å². The van der Waals surface area contributed by atoms with Crippen LogP contribution in [0, 0.1) is 5.92 Å². The minimum Gasteiger partial charge on any atom is -0.445 e. The maximum Gasteiger partial charge on any atom is 0.412 e. The topological polar surface area (TPSA) is 88.1 Å². The number of carbonyl (C=O) groups excluding carboxylic acids is 2. The molecule has 3 rings (SSSR count). The molecule has 7 nitrogen and oxygen atoms in total. The highest BCUT2D eigenvalue weighted by Gasteiger charge is 2.50. The van der Waals surface area contributed by atoms with Crippen molar-refractivity contribution in [1.29, 1.82) is 0 Å². The molecule has 148 valence electrons. The molecule has 1 saturated heterocycles. The number of rotatable bonds is 3. The van der Waals surface area contributed by atoms with Crippen LogP contribution in [-0.4, -0.2) is 46.1 Å². The van der Waals surface area contributed by atoms with Crippen molar-refractivity contribution in [3.05, 3.63) is 35.9 Å². The lowest BCUT2D eigenvalue weighted by Crippen LogP contribution is -2.46. The molecule has 0 spiro atoms. The molecule has 2 bridgehead atoms. The Morgan fingerprint density at radius 2 is 1.93 bits per heavy atom. The maximum atomic E-state index is 12.4. The van der Waals surface area contributed by atoms with E-state index in [0.29, 0.717) is 19.3 Å². The molecule has 0 aromatic heterocycles. The second-order valence-electron chi connectivity index (χ2n) is 8.24. The average Bonchev–Trinajstić information content (AvgIpc) is 2.87. The number of aliphatic hydroxyl groups is 1. The van der Waals surface area contributed by atoms with E-state index in [1.54, 1.807) is 20.8 Å². The second kappa shape index (κ2) is 7.76. The summed E-state index contributed by atoms with van der Waals surface area (Å²) in [6.07, 6.45) is 0.0545. The summed E-state index contributed by atoms with van der Waals surface area (Å²) in [5.74, 6) is -0.222. The van der Waals surface area contributed by atoms with E-state index in [0.717, 1.165) is 5.56 Å². The number of aliphatic hydroxyl groups excluding tert-OH is 1. The summed E-state index contributed by atoms with van der Waals surface area (Å²) >= 11 is 0. The van der Waals surface area contributed by atoms with E-state index in [1.165, 1.54) is 4.90 Å². The number of likely N-dealkylation sites (tertiary alicyclic amines) is 1. The Kier molecular flexibility index (Phi) is 5.60. The summed E-state index contributed by atoms with van der Waals surface area (Å²) in [5, 5.41) is 13.5. The molecule has 2 N–H and O–H groups in total. The first-order valence-corrected chi connectivity index (χ1v) is 9.41. The van der Waals surface area contributed by atoms with E-state index in [-0.39, 0.29) is 24.6 Å². The minimum absolute atomic E-state index is 0.0572. The molecule has 2 aliphatic rings. The molecule has 4 atom stereocenters. The number of fused-ring (bicyclic) bond motifs is 2. The molecular formula is C20H28N2O5. The predicted octanol–water partition coefficient (Wildman–Crippen LogP) is 3.02. The number of amides is 2. The highest BCUT2D eigenvalue weighted by Crippen LogP contribution is 2.40. The van der Waals surface area contributed by atoms with Gasteiger partial charge in [0, 0.05) is 18.0 Å². The van der Waals surface area contributed by atoms with Crippen LogP contribution in [0.3, 0.4) is 0 Å². The van der Waals surface area contributed by atoms with Gasteiger partial charge in [0.25, 0.3) is 0 Å². The highest BCUT2D eigenvalue weighted by molar-refractivity contribution is 5.70. The molecule has 1 unspecified atom stereocenters. The summed E-state index contributed by atoms with van der Waals surface area (Å²) in [6, 6.07) is 9.16.